The summed E-state index contributed by atoms with van der Waals surface area (Å²) in [5.41, 5.74) is 3.86. The van der Waals surface area contributed by atoms with Crippen molar-refractivity contribution in [3.05, 3.63) is 84.4 Å². The van der Waals surface area contributed by atoms with Crippen molar-refractivity contribution in [3.8, 4) is 5.75 Å². The van der Waals surface area contributed by atoms with Crippen LogP contribution in [0.4, 0.5) is 11.6 Å². The van der Waals surface area contributed by atoms with Crippen LogP contribution in [0.3, 0.4) is 0 Å². The molecule has 0 saturated carbocycles. The van der Waals surface area contributed by atoms with Crippen LogP contribution in [0.5, 0.6) is 5.75 Å². The molecule has 0 aliphatic heterocycles. The third-order valence-corrected chi connectivity index (χ3v) is 5.02. The van der Waals surface area contributed by atoms with Crippen molar-refractivity contribution in [1.82, 2.24) is 9.97 Å². The molecule has 0 amide bonds. The third-order valence-electron chi connectivity index (χ3n) is 5.02. The number of H-pyrrole nitrogens is 1. The molecule has 4 aromatic rings. The van der Waals surface area contributed by atoms with Crippen molar-refractivity contribution in [3.63, 3.8) is 0 Å². The minimum atomic E-state index is -0.856. The number of aromatic nitrogens is 2. The van der Waals surface area contributed by atoms with Crippen LogP contribution in [-0.2, 0) is 11.3 Å². The molecular formula is C25H26N4O3. The first-order valence-electron chi connectivity index (χ1n) is 10.6. The second-order valence-corrected chi connectivity index (χ2v) is 7.46. The number of hydrogen-bond acceptors (Lipinski definition) is 5. The highest BCUT2D eigenvalue weighted by Crippen LogP contribution is 2.19. The quantitative estimate of drug-likeness (QED) is 0.303. The van der Waals surface area contributed by atoms with Gasteiger partial charge in [0, 0.05) is 18.8 Å². The van der Waals surface area contributed by atoms with Crippen LogP contribution in [-0.4, -0.2) is 40.7 Å². The van der Waals surface area contributed by atoms with Gasteiger partial charge in [-0.15, -0.1) is 0 Å². The highest BCUT2D eigenvalue weighted by molar-refractivity contribution is 5.77. The molecule has 0 spiro atoms. The Morgan fingerprint density at radius 3 is 2.50 bits per heavy atom. The number of aromatic amines is 1. The Morgan fingerprint density at radius 1 is 1.00 bits per heavy atom. The monoisotopic (exact) mass is 430 g/mol. The summed E-state index contributed by atoms with van der Waals surface area (Å²) in [6.07, 6.45) is 0.833. The lowest BCUT2D eigenvalue weighted by molar-refractivity contribution is -0.135. The molecule has 0 aliphatic carbocycles. The maximum Gasteiger partial charge on any atom is 0.323 e. The van der Waals surface area contributed by atoms with E-state index in [-0.39, 0.29) is 6.54 Å². The predicted octanol–water partition coefficient (Wildman–Crippen LogP) is 4.54. The van der Waals surface area contributed by atoms with E-state index in [0.717, 1.165) is 46.9 Å². The number of nitrogens with one attached hydrogen (secondary N) is 2. The zero-order chi connectivity index (χ0) is 22.2. The Balaban J connectivity index is 1.23. The normalized spacial score (nSPS) is 10.8. The molecule has 0 aliphatic rings. The number of carboxylic acid groups (broad SMARTS) is 1. The van der Waals surface area contributed by atoms with Gasteiger partial charge in [0.25, 0.3) is 0 Å². The van der Waals surface area contributed by atoms with E-state index in [1.807, 2.05) is 83.8 Å². The minimum Gasteiger partial charge on any atom is -0.494 e. The molecule has 0 fully saturated rings. The maximum atomic E-state index is 11.3. The van der Waals surface area contributed by atoms with Gasteiger partial charge in [0.2, 0.25) is 5.95 Å². The van der Waals surface area contributed by atoms with Crippen molar-refractivity contribution < 1.29 is 14.6 Å². The van der Waals surface area contributed by atoms with Crippen LogP contribution in [0.2, 0.25) is 0 Å². The number of carboxylic acids is 1. The molecule has 7 nitrogen and oxygen atoms in total. The highest BCUT2D eigenvalue weighted by atomic mass is 16.5. The standard InChI is InChI=1S/C25H26N4O3/c30-24(31)18-29(20-7-2-1-3-8-20)17-19-11-13-21(14-12-19)32-16-6-15-26-25-27-22-9-4-5-10-23(22)28-25/h1-5,7-14H,6,15-18H2,(H,30,31)(H2,26,27,28). The van der Waals surface area contributed by atoms with Gasteiger partial charge in [-0.25, -0.2) is 4.98 Å². The van der Waals surface area contributed by atoms with Gasteiger partial charge < -0.3 is 25.0 Å². The minimum absolute atomic E-state index is 0.0551. The van der Waals surface area contributed by atoms with E-state index < -0.39 is 5.97 Å². The van der Waals surface area contributed by atoms with Crippen molar-refractivity contribution in [1.29, 1.82) is 0 Å². The fourth-order valence-electron chi connectivity index (χ4n) is 3.46. The van der Waals surface area contributed by atoms with E-state index in [4.69, 9.17) is 4.74 Å². The molecular weight excluding hydrogens is 404 g/mol. The van der Waals surface area contributed by atoms with Crippen LogP contribution >= 0.6 is 0 Å². The van der Waals surface area contributed by atoms with E-state index in [1.54, 1.807) is 0 Å². The average molecular weight is 431 g/mol. The largest absolute Gasteiger partial charge is 0.494 e. The zero-order valence-electron chi connectivity index (χ0n) is 17.7. The molecule has 0 unspecified atom stereocenters. The van der Waals surface area contributed by atoms with Crippen LogP contribution in [0, 0.1) is 0 Å². The van der Waals surface area contributed by atoms with Crippen molar-refractivity contribution in [2.45, 2.75) is 13.0 Å². The van der Waals surface area contributed by atoms with Crippen LogP contribution < -0.4 is 15.0 Å². The first-order chi connectivity index (χ1) is 15.7. The molecule has 7 heteroatoms. The van der Waals surface area contributed by atoms with E-state index in [0.29, 0.717) is 13.2 Å². The van der Waals surface area contributed by atoms with Gasteiger partial charge in [-0.3, -0.25) is 4.79 Å². The average Bonchev–Trinajstić information content (AvgIpc) is 3.23. The van der Waals surface area contributed by atoms with Gasteiger partial charge in [-0.1, -0.05) is 42.5 Å². The van der Waals surface area contributed by atoms with Gasteiger partial charge in [-0.05, 0) is 48.4 Å². The fourth-order valence-corrected chi connectivity index (χ4v) is 3.46. The molecule has 1 aromatic heterocycles. The zero-order valence-corrected chi connectivity index (χ0v) is 17.7. The molecule has 0 atom stereocenters. The number of rotatable bonds is 11. The van der Waals surface area contributed by atoms with E-state index in [9.17, 15) is 9.90 Å². The van der Waals surface area contributed by atoms with E-state index >= 15 is 0 Å². The van der Waals surface area contributed by atoms with Crippen LogP contribution in [0.25, 0.3) is 11.0 Å². The first-order valence-corrected chi connectivity index (χ1v) is 10.6. The number of para-hydroxylation sites is 3. The highest BCUT2D eigenvalue weighted by Gasteiger charge is 2.11. The molecule has 0 radical (unpaired) electrons. The second kappa shape index (κ2) is 10.3. The summed E-state index contributed by atoms with van der Waals surface area (Å²) in [5.74, 6) is 0.701. The SMILES string of the molecule is O=C(O)CN(Cc1ccc(OCCCNc2nc3ccccc3[nH]2)cc1)c1ccccc1. The molecule has 0 saturated heterocycles. The summed E-state index contributed by atoms with van der Waals surface area (Å²) in [6.45, 7) is 1.79. The number of ether oxygens (including phenoxy) is 1. The lowest BCUT2D eigenvalue weighted by Crippen LogP contribution is -2.29. The van der Waals surface area contributed by atoms with Gasteiger partial charge >= 0.3 is 5.97 Å². The lowest BCUT2D eigenvalue weighted by Gasteiger charge is -2.23. The number of carbonyl (C=O) groups is 1. The van der Waals surface area contributed by atoms with Crippen molar-refractivity contribution in [2.75, 3.05) is 29.9 Å². The summed E-state index contributed by atoms with van der Waals surface area (Å²) in [4.78, 5) is 20.8. The van der Waals surface area contributed by atoms with Gasteiger partial charge in [0.1, 0.15) is 12.3 Å². The second-order valence-electron chi connectivity index (χ2n) is 7.46. The van der Waals surface area contributed by atoms with Crippen molar-refractivity contribution >= 4 is 28.6 Å². The van der Waals surface area contributed by atoms with Gasteiger partial charge in [-0.2, -0.15) is 0 Å². The molecule has 164 valence electrons. The molecule has 4 rings (SSSR count). The number of fused-ring (bicyclic) bond motifs is 1. The third kappa shape index (κ3) is 5.78. The lowest BCUT2D eigenvalue weighted by atomic mass is 10.2. The van der Waals surface area contributed by atoms with Crippen molar-refractivity contribution in [2.24, 2.45) is 0 Å². The summed E-state index contributed by atoms with van der Waals surface area (Å²) < 4.78 is 5.83. The molecule has 3 aromatic carbocycles. The van der Waals surface area contributed by atoms with Crippen LogP contribution in [0.15, 0.2) is 78.9 Å². The topological polar surface area (TPSA) is 90.5 Å². The number of aliphatic carboxylic acids is 1. The summed E-state index contributed by atoms with van der Waals surface area (Å²) in [6, 6.07) is 25.3. The number of imidazole rings is 1. The van der Waals surface area contributed by atoms with Gasteiger partial charge in [0.05, 0.1) is 17.6 Å². The first kappa shape index (κ1) is 21.2. The van der Waals surface area contributed by atoms with E-state index in [2.05, 4.69) is 15.3 Å². The molecule has 3 N–H and O–H groups in total. The Morgan fingerprint density at radius 2 is 1.75 bits per heavy atom. The van der Waals surface area contributed by atoms with E-state index in [1.165, 1.54) is 0 Å². The summed E-state index contributed by atoms with van der Waals surface area (Å²) >= 11 is 0. The smallest absolute Gasteiger partial charge is 0.323 e. The summed E-state index contributed by atoms with van der Waals surface area (Å²) in [5, 5.41) is 12.5. The molecule has 32 heavy (non-hydrogen) atoms. The Hall–Kier alpha value is -4.00. The Labute approximate surface area is 186 Å². The Bertz CT molecular complexity index is 1110. The predicted molar refractivity (Wildman–Crippen MR) is 126 cm³/mol. The Kier molecular flexibility index (Phi) is 6.87. The number of hydrogen-bond donors (Lipinski definition) is 3. The summed E-state index contributed by atoms with van der Waals surface area (Å²) in [7, 11) is 0. The number of benzene rings is 3. The number of anilines is 2. The number of nitrogens with zero attached hydrogens (tertiary/aromatic N) is 2. The van der Waals surface area contributed by atoms with Crippen LogP contribution in [0.1, 0.15) is 12.0 Å². The molecule has 1 heterocycles. The molecule has 0 bridgehead atoms. The maximum absolute atomic E-state index is 11.3. The van der Waals surface area contributed by atoms with Gasteiger partial charge in [0.15, 0.2) is 0 Å². The fraction of sp³-hybridized carbons (Fsp3) is 0.200.